The van der Waals surface area contributed by atoms with Gasteiger partial charge in [-0.05, 0) is 66.7 Å². The fourth-order valence-electron chi connectivity index (χ4n) is 2.29. The fraction of sp³-hybridized carbons (Fsp3) is 0. The molecule has 0 atom stereocenters. The molecule has 0 fully saturated rings. The molecular formula is C20H13Cl3N2O2. The van der Waals surface area contributed by atoms with Gasteiger partial charge < -0.3 is 10.6 Å². The number of rotatable bonds is 4. The Morgan fingerprint density at radius 1 is 0.630 bits per heavy atom. The molecule has 7 heteroatoms. The average molecular weight is 420 g/mol. The first-order chi connectivity index (χ1) is 12.9. The molecule has 0 aliphatic carbocycles. The van der Waals surface area contributed by atoms with Gasteiger partial charge in [-0.3, -0.25) is 9.59 Å². The van der Waals surface area contributed by atoms with Gasteiger partial charge in [-0.15, -0.1) is 0 Å². The lowest BCUT2D eigenvalue weighted by molar-refractivity contribution is 0.101. The van der Waals surface area contributed by atoms with E-state index in [-0.39, 0.29) is 11.8 Å². The number of carbonyl (C=O) groups is 2. The number of carbonyl (C=O) groups excluding carboxylic acids is 2. The van der Waals surface area contributed by atoms with E-state index >= 15 is 0 Å². The molecule has 0 heterocycles. The quantitative estimate of drug-likeness (QED) is 0.533. The third-order valence-electron chi connectivity index (χ3n) is 3.69. The van der Waals surface area contributed by atoms with Crippen molar-refractivity contribution in [3.63, 3.8) is 0 Å². The zero-order valence-electron chi connectivity index (χ0n) is 13.8. The van der Waals surface area contributed by atoms with Gasteiger partial charge in [0, 0.05) is 26.9 Å². The van der Waals surface area contributed by atoms with Crippen LogP contribution in [0.1, 0.15) is 20.7 Å². The third kappa shape index (κ3) is 5.01. The number of halogens is 3. The van der Waals surface area contributed by atoms with Crippen molar-refractivity contribution in [3.8, 4) is 0 Å². The van der Waals surface area contributed by atoms with Gasteiger partial charge in [-0.25, -0.2) is 0 Å². The van der Waals surface area contributed by atoms with E-state index in [1.54, 1.807) is 66.7 Å². The van der Waals surface area contributed by atoms with Crippen LogP contribution < -0.4 is 10.6 Å². The first kappa shape index (κ1) is 19.2. The average Bonchev–Trinajstić information content (AvgIpc) is 2.65. The molecule has 0 aliphatic heterocycles. The zero-order chi connectivity index (χ0) is 19.4. The van der Waals surface area contributed by atoms with Crippen molar-refractivity contribution in [3.05, 3.63) is 92.9 Å². The van der Waals surface area contributed by atoms with Gasteiger partial charge in [-0.2, -0.15) is 0 Å². The molecule has 0 bridgehead atoms. The summed E-state index contributed by atoms with van der Waals surface area (Å²) in [5.74, 6) is -0.604. The van der Waals surface area contributed by atoms with Gasteiger partial charge in [0.15, 0.2) is 0 Å². The lowest BCUT2D eigenvalue weighted by Crippen LogP contribution is -2.13. The van der Waals surface area contributed by atoms with Crippen molar-refractivity contribution in [2.75, 3.05) is 10.6 Å². The summed E-state index contributed by atoms with van der Waals surface area (Å²) in [6.45, 7) is 0. The second-order valence-electron chi connectivity index (χ2n) is 5.62. The maximum atomic E-state index is 12.3. The Hall–Kier alpha value is -2.53. The van der Waals surface area contributed by atoms with Crippen LogP contribution in [0.2, 0.25) is 15.1 Å². The minimum atomic E-state index is -0.313. The predicted molar refractivity (Wildman–Crippen MR) is 110 cm³/mol. The van der Waals surface area contributed by atoms with Gasteiger partial charge in [0.1, 0.15) is 0 Å². The molecule has 0 radical (unpaired) electrons. The number of hydrogen-bond acceptors (Lipinski definition) is 2. The largest absolute Gasteiger partial charge is 0.322 e. The van der Waals surface area contributed by atoms with Crippen LogP contribution in [0.15, 0.2) is 66.7 Å². The predicted octanol–water partition coefficient (Wildman–Crippen LogP) is 6.15. The molecule has 3 rings (SSSR count). The summed E-state index contributed by atoms with van der Waals surface area (Å²) in [4.78, 5) is 24.5. The first-order valence-electron chi connectivity index (χ1n) is 7.86. The summed E-state index contributed by atoms with van der Waals surface area (Å²) >= 11 is 17.9. The van der Waals surface area contributed by atoms with Gasteiger partial charge in [0.2, 0.25) is 0 Å². The lowest BCUT2D eigenvalue weighted by atomic mass is 10.2. The maximum Gasteiger partial charge on any atom is 0.255 e. The Bertz CT molecular complexity index is 987. The van der Waals surface area contributed by atoms with Crippen molar-refractivity contribution in [2.24, 2.45) is 0 Å². The number of benzene rings is 3. The Labute approximate surface area is 171 Å². The van der Waals surface area contributed by atoms with Crippen molar-refractivity contribution in [1.29, 1.82) is 0 Å². The van der Waals surface area contributed by atoms with Crippen LogP contribution in [-0.2, 0) is 0 Å². The molecule has 0 saturated carbocycles. The van der Waals surface area contributed by atoms with Crippen LogP contribution in [0.25, 0.3) is 0 Å². The highest BCUT2D eigenvalue weighted by Crippen LogP contribution is 2.26. The van der Waals surface area contributed by atoms with E-state index in [2.05, 4.69) is 10.6 Å². The summed E-state index contributed by atoms with van der Waals surface area (Å²) in [7, 11) is 0. The number of nitrogens with one attached hydrogen (secondary N) is 2. The minimum Gasteiger partial charge on any atom is -0.322 e. The normalized spacial score (nSPS) is 10.3. The number of hydrogen-bond donors (Lipinski definition) is 2. The van der Waals surface area contributed by atoms with Crippen LogP contribution in [0.4, 0.5) is 11.4 Å². The summed E-state index contributed by atoms with van der Waals surface area (Å²) in [6, 6.07) is 17.9. The fourth-order valence-corrected chi connectivity index (χ4v) is 2.77. The summed E-state index contributed by atoms with van der Waals surface area (Å²) in [5, 5.41) is 6.86. The molecule has 0 aliphatic rings. The molecule has 0 saturated heterocycles. The third-order valence-corrected chi connectivity index (χ3v) is 4.50. The molecule has 3 aromatic rings. The van der Waals surface area contributed by atoms with Crippen molar-refractivity contribution >= 4 is 58.0 Å². The maximum absolute atomic E-state index is 12.3. The molecule has 0 aromatic heterocycles. The molecule has 3 aromatic carbocycles. The second-order valence-corrected chi connectivity index (χ2v) is 6.90. The van der Waals surface area contributed by atoms with Crippen LogP contribution >= 0.6 is 34.8 Å². The first-order valence-corrected chi connectivity index (χ1v) is 8.99. The smallest absolute Gasteiger partial charge is 0.255 e. The molecular weight excluding hydrogens is 407 g/mol. The molecule has 0 spiro atoms. The molecule has 2 amide bonds. The van der Waals surface area contributed by atoms with Gasteiger partial charge in [0.25, 0.3) is 11.8 Å². The van der Waals surface area contributed by atoms with E-state index in [1.165, 1.54) is 0 Å². The second kappa shape index (κ2) is 8.44. The Kier molecular flexibility index (Phi) is 6.01. The van der Waals surface area contributed by atoms with Crippen molar-refractivity contribution in [2.45, 2.75) is 0 Å². The summed E-state index contributed by atoms with van der Waals surface area (Å²) in [5.41, 5.74) is 1.86. The van der Waals surface area contributed by atoms with E-state index in [0.717, 1.165) is 0 Å². The van der Waals surface area contributed by atoms with E-state index in [1.807, 2.05) is 0 Å². The van der Waals surface area contributed by atoms with E-state index in [9.17, 15) is 9.59 Å². The van der Waals surface area contributed by atoms with E-state index in [4.69, 9.17) is 34.8 Å². The molecule has 136 valence electrons. The Morgan fingerprint density at radius 2 is 1.11 bits per heavy atom. The highest BCUT2D eigenvalue weighted by Gasteiger charge is 2.11. The Balaban J connectivity index is 1.69. The topological polar surface area (TPSA) is 58.2 Å². The number of anilines is 2. The van der Waals surface area contributed by atoms with Crippen LogP contribution in [0.3, 0.4) is 0 Å². The zero-order valence-corrected chi connectivity index (χ0v) is 16.1. The lowest BCUT2D eigenvalue weighted by Gasteiger charge is -2.10. The van der Waals surface area contributed by atoms with Gasteiger partial charge in [0.05, 0.1) is 10.7 Å². The van der Waals surface area contributed by atoms with Crippen molar-refractivity contribution < 1.29 is 9.59 Å². The van der Waals surface area contributed by atoms with Gasteiger partial charge >= 0.3 is 0 Å². The minimum absolute atomic E-state index is 0.291. The van der Waals surface area contributed by atoms with E-state index in [0.29, 0.717) is 37.6 Å². The molecule has 0 unspecified atom stereocenters. The van der Waals surface area contributed by atoms with Gasteiger partial charge in [-0.1, -0.05) is 34.8 Å². The SMILES string of the molecule is O=C(Nc1ccc(NC(=O)c2ccc(Cl)cc2)c(Cl)c1)c1ccc(Cl)cc1. The van der Waals surface area contributed by atoms with Crippen molar-refractivity contribution in [1.82, 2.24) is 0 Å². The van der Waals surface area contributed by atoms with Crippen LogP contribution in [0, 0.1) is 0 Å². The van der Waals surface area contributed by atoms with Crippen LogP contribution in [0.5, 0.6) is 0 Å². The standard InChI is InChI=1S/C20H13Cl3N2O2/c21-14-5-1-12(2-6-14)19(26)24-16-9-10-18(17(23)11-16)25-20(27)13-3-7-15(22)8-4-13/h1-11H,(H,24,26)(H,25,27). The van der Waals surface area contributed by atoms with Crippen LogP contribution in [-0.4, -0.2) is 11.8 Å². The molecule has 4 nitrogen and oxygen atoms in total. The molecule has 27 heavy (non-hydrogen) atoms. The highest BCUT2D eigenvalue weighted by atomic mass is 35.5. The summed E-state index contributed by atoms with van der Waals surface area (Å²) < 4.78 is 0. The van der Waals surface area contributed by atoms with E-state index < -0.39 is 0 Å². The summed E-state index contributed by atoms with van der Waals surface area (Å²) in [6.07, 6.45) is 0. The Morgan fingerprint density at radius 3 is 1.59 bits per heavy atom. The number of amides is 2. The monoisotopic (exact) mass is 418 g/mol. The highest BCUT2D eigenvalue weighted by molar-refractivity contribution is 6.34. The molecule has 2 N–H and O–H groups in total.